The van der Waals surface area contributed by atoms with Crippen LogP contribution in [-0.4, -0.2) is 11.0 Å². The van der Waals surface area contributed by atoms with Crippen LogP contribution in [0.3, 0.4) is 0 Å². The van der Waals surface area contributed by atoms with Gasteiger partial charge in [0.25, 0.3) is 5.69 Å². The van der Waals surface area contributed by atoms with Crippen LogP contribution in [0.4, 0.5) is 35.0 Å². The van der Waals surface area contributed by atoms with Crippen molar-refractivity contribution in [3.05, 3.63) is 64.2 Å². The number of rotatable bonds is 3. The number of anilines is 2. The normalized spacial score (nSPS) is 10.9. The Hall–Kier alpha value is -3.10. The number of hydrogen-bond acceptors (Lipinski definition) is 3. The van der Waals surface area contributed by atoms with Crippen LogP contribution in [-0.2, 0) is 6.18 Å². The molecule has 0 aliphatic rings. The van der Waals surface area contributed by atoms with Crippen molar-refractivity contribution in [1.82, 2.24) is 0 Å². The summed E-state index contributed by atoms with van der Waals surface area (Å²) in [4.78, 5) is 21.8. The zero-order chi connectivity index (χ0) is 17.0. The standard InChI is InChI=1S/C14H10F3N3O3/c15-14(16,17)9-3-1-4-10(7-9)18-13(21)19-11-5-2-6-12(8-11)20(22)23/h1-8H,(H2,18,19,21). The Bertz CT molecular complexity index is 747. The fraction of sp³-hybridized carbons (Fsp3) is 0.0714. The summed E-state index contributed by atoms with van der Waals surface area (Å²) >= 11 is 0. The molecule has 2 N–H and O–H groups in total. The van der Waals surface area contributed by atoms with Gasteiger partial charge in [0.05, 0.1) is 10.5 Å². The topological polar surface area (TPSA) is 84.3 Å². The molecule has 6 nitrogen and oxygen atoms in total. The first kappa shape index (κ1) is 16.3. The van der Waals surface area contributed by atoms with Crippen LogP contribution in [0, 0.1) is 10.1 Å². The molecular weight excluding hydrogens is 315 g/mol. The van der Waals surface area contributed by atoms with Crippen molar-refractivity contribution in [1.29, 1.82) is 0 Å². The SMILES string of the molecule is O=C(Nc1cccc([N+](=O)[O-])c1)Nc1cccc(C(F)(F)F)c1. The monoisotopic (exact) mass is 325 g/mol. The molecule has 0 aliphatic heterocycles. The smallest absolute Gasteiger partial charge is 0.308 e. The first-order chi connectivity index (χ1) is 10.8. The molecule has 0 aromatic heterocycles. The molecular formula is C14H10F3N3O3. The van der Waals surface area contributed by atoms with Gasteiger partial charge in [-0.2, -0.15) is 13.2 Å². The van der Waals surface area contributed by atoms with Gasteiger partial charge in [0.15, 0.2) is 0 Å². The highest BCUT2D eigenvalue weighted by atomic mass is 19.4. The van der Waals surface area contributed by atoms with Gasteiger partial charge < -0.3 is 10.6 Å². The lowest BCUT2D eigenvalue weighted by Crippen LogP contribution is -2.19. The molecule has 0 fully saturated rings. The minimum Gasteiger partial charge on any atom is -0.308 e. The van der Waals surface area contributed by atoms with E-state index >= 15 is 0 Å². The van der Waals surface area contributed by atoms with Gasteiger partial charge in [-0.15, -0.1) is 0 Å². The van der Waals surface area contributed by atoms with Crippen LogP contribution < -0.4 is 10.6 Å². The first-order valence-corrected chi connectivity index (χ1v) is 6.25. The van der Waals surface area contributed by atoms with E-state index in [4.69, 9.17) is 0 Å². The quantitative estimate of drug-likeness (QED) is 0.653. The third-order valence-corrected chi connectivity index (χ3v) is 2.76. The zero-order valence-corrected chi connectivity index (χ0v) is 11.4. The van der Waals surface area contributed by atoms with E-state index in [1.54, 1.807) is 0 Å². The molecule has 0 spiro atoms. The van der Waals surface area contributed by atoms with Gasteiger partial charge in [-0.1, -0.05) is 12.1 Å². The van der Waals surface area contributed by atoms with E-state index in [0.29, 0.717) is 0 Å². The number of amides is 2. The maximum absolute atomic E-state index is 12.6. The molecule has 2 rings (SSSR count). The van der Waals surface area contributed by atoms with E-state index in [9.17, 15) is 28.1 Å². The van der Waals surface area contributed by atoms with E-state index in [1.807, 2.05) is 0 Å². The number of carbonyl (C=O) groups excluding carboxylic acids is 1. The Balaban J connectivity index is 2.08. The average molecular weight is 325 g/mol. The van der Waals surface area contributed by atoms with Crippen LogP contribution in [0.2, 0.25) is 0 Å². The number of halogens is 3. The summed E-state index contributed by atoms with van der Waals surface area (Å²) in [6, 6.07) is 8.47. The number of carbonyl (C=O) groups is 1. The van der Waals surface area contributed by atoms with E-state index < -0.39 is 22.7 Å². The minimum atomic E-state index is -4.52. The second-order valence-electron chi connectivity index (χ2n) is 4.47. The number of benzene rings is 2. The summed E-state index contributed by atoms with van der Waals surface area (Å²) in [7, 11) is 0. The van der Waals surface area contributed by atoms with E-state index in [1.165, 1.54) is 24.3 Å². The third kappa shape index (κ3) is 4.43. The number of nitro benzene ring substituents is 1. The molecule has 0 saturated carbocycles. The van der Waals surface area contributed by atoms with Crippen LogP contribution >= 0.6 is 0 Å². The van der Waals surface area contributed by atoms with E-state index in [2.05, 4.69) is 10.6 Å². The number of nitrogens with one attached hydrogen (secondary N) is 2. The van der Waals surface area contributed by atoms with Crippen molar-refractivity contribution < 1.29 is 22.9 Å². The van der Waals surface area contributed by atoms with Crippen molar-refractivity contribution in [2.45, 2.75) is 6.18 Å². The summed E-state index contributed by atoms with van der Waals surface area (Å²) in [5.74, 6) is 0. The zero-order valence-electron chi connectivity index (χ0n) is 11.4. The molecule has 23 heavy (non-hydrogen) atoms. The van der Waals surface area contributed by atoms with E-state index in [-0.39, 0.29) is 17.1 Å². The predicted molar refractivity (Wildman–Crippen MR) is 77.2 cm³/mol. The summed E-state index contributed by atoms with van der Waals surface area (Å²) in [5.41, 5.74) is -1.03. The lowest BCUT2D eigenvalue weighted by molar-refractivity contribution is -0.384. The molecule has 0 bridgehead atoms. The van der Waals surface area contributed by atoms with Crippen molar-refractivity contribution in [2.75, 3.05) is 10.6 Å². The molecule has 2 aromatic rings. The third-order valence-electron chi connectivity index (χ3n) is 2.76. The van der Waals surface area contributed by atoms with Crippen LogP contribution in [0.5, 0.6) is 0 Å². The Morgan fingerprint density at radius 2 is 1.57 bits per heavy atom. The highest BCUT2D eigenvalue weighted by molar-refractivity contribution is 5.99. The van der Waals surface area contributed by atoms with Crippen molar-refractivity contribution in [2.24, 2.45) is 0 Å². The first-order valence-electron chi connectivity index (χ1n) is 6.25. The maximum Gasteiger partial charge on any atom is 0.416 e. The molecule has 2 amide bonds. The van der Waals surface area contributed by atoms with Gasteiger partial charge in [0.2, 0.25) is 0 Å². The largest absolute Gasteiger partial charge is 0.416 e. The van der Waals surface area contributed by atoms with E-state index in [0.717, 1.165) is 24.3 Å². The van der Waals surface area contributed by atoms with Crippen LogP contribution in [0.25, 0.3) is 0 Å². The molecule has 0 aliphatic carbocycles. The fourth-order valence-corrected chi connectivity index (χ4v) is 1.76. The summed E-state index contributed by atoms with van der Waals surface area (Å²) in [5, 5.41) is 15.2. The molecule has 2 aromatic carbocycles. The highest BCUT2D eigenvalue weighted by Crippen LogP contribution is 2.30. The molecule has 120 valence electrons. The van der Waals surface area contributed by atoms with Gasteiger partial charge in [-0.25, -0.2) is 4.79 Å². The van der Waals surface area contributed by atoms with Crippen LogP contribution in [0.1, 0.15) is 5.56 Å². The Kier molecular flexibility index (Phi) is 4.49. The van der Waals surface area contributed by atoms with Crippen molar-refractivity contribution in [3.8, 4) is 0 Å². The molecule has 0 radical (unpaired) electrons. The summed E-state index contributed by atoms with van der Waals surface area (Å²) in [6.45, 7) is 0. The minimum absolute atomic E-state index is 0.0530. The van der Waals surface area contributed by atoms with Crippen molar-refractivity contribution >= 4 is 23.1 Å². The lowest BCUT2D eigenvalue weighted by atomic mass is 10.2. The second kappa shape index (κ2) is 6.34. The number of alkyl halides is 3. The van der Waals surface area contributed by atoms with Crippen LogP contribution in [0.15, 0.2) is 48.5 Å². The second-order valence-corrected chi connectivity index (χ2v) is 4.47. The van der Waals surface area contributed by atoms with Gasteiger partial charge >= 0.3 is 12.2 Å². The molecule has 0 saturated heterocycles. The molecule has 0 unspecified atom stereocenters. The number of nitrogens with zero attached hydrogens (tertiary/aromatic N) is 1. The van der Waals surface area contributed by atoms with Gasteiger partial charge in [0, 0.05) is 23.5 Å². The average Bonchev–Trinajstić information content (AvgIpc) is 2.46. The predicted octanol–water partition coefficient (Wildman–Crippen LogP) is 4.26. The summed E-state index contributed by atoms with van der Waals surface area (Å²) in [6.07, 6.45) is -4.52. The van der Waals surface area contributed by atoms with Gasteiger partial charge in [0.1, 0.15) is 0 Å². The number of non-ortho nitro benzene ring substituents is 1. The Morgan fingerprint density at radius 3 is 2.13 bits per heavy atom. The highest BCUT2D eigenvalue weighted by Gasteiger charge is 2.30. The number of hydrogen-bond donors (Lipinski definition) is 2. The maximum atomic E-state index is 12.6. The number of nitro groups is 1. The molecule has 0 heterocycles. The Labute approximate surface area is 128 Å². The van der Waals surface area contributed by atoms with Crippen molar-refractivity contribution in [3.63, 3.8) is 0 Å². The Morgan fingerprint density at radius 1 is 1.00 bits per heavy atom. The van der Waals surface area contributed by atoms with Gasteiger partial charge in [-0.3, -0.25) is 10.1 Å². The number of urea groups is 1. The van der Waals surface area contributed by atoms with Gasteiger partial charge in [-0.05, 0) is 24.3 Å². The summed E-state index contributed by atoms with van der Waals surface area (Å²) < 4.78 is 37.7. The molecule has 0 atom stereocenters. The molecule has 9 heteroatoms. The fourth-order valence-electron chi connectivity index (χ4n) is 1.76. The lowest BCUT2D eigenvalue weighted by Gasteiger charge is -2.10.